The van der Waals surface area contributed by atoms with Crippen molar-refractivity contribution in [3.05, 3.63) is 22.7 Å². The van der Waals surface area contributed by atoms with E-state index in [1.54, 1.807) is 0 Å². The summed E-state index contributed by atoms with van der Waals surface area (Å²) in [5, 5.41) is 8.67. The Labute approximate surface area is 111 Å². The maximum Gasteiger partial charge on any atom is 0.182 e. The van der Waals surface area contributed by atoms with Crippen LogP contribution in [-0.4, -0.2) is 22.9 Å². The van der Waals surface area contributed by atoms with Gasteiger partial charge in [0.1, 0.15) is 5.52 Å². The smallest absolute Gasteiger partial charge is 0.182 e. The topological polar surface area (TPSA) is 30.7 Å². The van der Waals surface area contributed by atoms with Crippen LogP contribution in [-0.2, 0) is 0 Å². The van der Waals surface area contributed by atoms with E-state index in [-0.39, 0.29) is 0 Å². The fraction of sp³-hybridized carbons (Fsp3) is 0.500. The van der Waals surface area contributed by atoms with Gasteiger partial charge in [0.25, 0.3) is 0 Å². The molecule has 0 N–H and O–H groups in total. The van der Waals surface area contributed by atoms with E-state index in [0.717, 1.165) is 15.5 Å². The van der Waals surface area contributed by atoms with E-state index in [4.69, 9.17) is 0 Å². The predicted molar refractivity (Wildman–Crippen MR) is 77.8 cm³/mol. The zero-order valence-electron chi connectivity index (χ0n) is 10.6. The molecule has 5 heteroatoms. The summed E-state index contributed by atoms with van der Waals surface area (Å²) < 4.78 is 3.21. The highest BCUT2D eigenvalue weighted by Gasteiger charge is 2.26. The van der Waals surface area contributed by atoms with E-state index in [2.05, 4.69) is 62.7 Å². The Balaban J connectivity index is 2.45. The summed E-state index contributed by atoms with van der Waals surface area (Å²) in [6.07, 6.45) is 2.52. The summed E-state index contributed by atoms with van der Waals surface area (Å²) in [5.41, 5.74) is 2.14. The van der Waals surface area contributed by atoms with Crippen molar-refractivity contribution in [2.45, 2.75) is 38.9 Å². The van der Waals surface area contributed by atoms with Gasteiger partial charge in [-0.05, 0) is 47.2 Å². The van der Waals surface area contributed by atoms with Gasteiger partial charge in [-0.1, -0.05) is 31.0 Å². The molecule has 0 atom stereocenters. The van der Waals surface area contributed by atoms with Gasteiger partial charge in [-0.2, -0.15) is 0 Å². The molecule has 1 aromatic heterocycles. The molecule has 0 saturated carbocycles. The monoisotopic (exact) mass is 311 g/mol. The average molecular weight is 312 g/mol. The molecule has 1 heterocycles. The zero-order chi connectivity index (χ0) is 12.5. The van der Waals surface area contributed by atoms with E-state index in [1.165, 1.54) is 18.9 Å². The number of nitrogens with zero attached hydrogens (tertiary/aromatic N) is 3. The molecule has 0 fully saturated rings. The number of unbranched alkanes of at least 4 members (excludes halogenated alkanes) is 1. The molecular formula is C12H18BrN3Si. The third kappa shape index (κ3) is 2.45. The third-order valence-electron chi connectivity index (χ3n) is 3.14. The lowest BCUT2D eigenvalue weighted by Gasteiger charge is -2.22. The van der Waals surface area contributed by atoms with Crippen LogP contribution in [0.25, 0.3) is 11.0 Å². The molecule has 3 nitrogen and oxygen atoms in total. The van der Waals surface area contributed by atoms with Gasteiger partial charge in [0.2, 0.25) is 0 Å². The number of halogens is 1. The molecule has 0 aliphatic carbocycles. The lowest BCUT2D eigenvalue weighted by atomic mass is 10.3. The molecule has 0 spiro atoms. The van der Waals surface area contributed by atoms with Gasteiger partial charge in [-0.15, -0.1) is 5.10 Å². The maximum absolute atomic E-state index is 4.38. The molecule has 2 rings (SSSR count). The Morgan fingerprint density at radius 2 is 2.12 bits per heavy atom. The molecule has 1 aromatic carbocycles. The molecular weight excluding hydrogens is 294 g/mol. The van der Waals surface area contributed by atoms with Crippen molar-refractivity contribution in [3.8, 4) is 0 Å². The first kappa shape index (κ1) is 12.8. The van der Waals surface area contributed by atoms with Crippen molar-refractivity contribution in [3.63, 3.8) is 0 Å². The van der Waals surface area contributed by atoms with E-state index >= 15 is 0 Å². The highest BCUT2D eigenvalue weighted by molar-refractivity contribution is 9.10. The molecule has 17 heavy (non-hydrogen) atoms. The predicted octanol–water partition coefficient (Wildman–Crippen LogP) is 4.05. The van der Waals surface area contributed by atoms with Crippen LogP contribution in [0, 0.1) is 0 Å². The van der Waals surface area contributed by atoms with Crippen LogP contribution >= 0.6 is 15.9 Å². The van der Waals surface area contributed by atoms with Crippen molar-refractivity contribution in [1.82, 2.24) is 14.7 Å². The summed E-state index contributed by atoms with van der Waals surface area (Å²) in [6, 6.07) is 7.44. The Morgan fingerprint density at radius 3 is 2.82 bits per heavy atom. The molecule has 0 aliphatic heterocycles. The number of benzene rings is 1. The SMILES string of the molecule is CCCC[Si](C)(C)n1nnc2c(Br)cccc21. The number of hydrogen-bond donors (Lipinski definition) is 0. The fourth-order valence-corrected chi connectivity index (χ4v) is 5.06. The second kappa shape index (κ2) is 4.90. The van der Waals surface area contributed by atoms with Crippen LogP contribution in [0.3, 0.4) is 0 Å². The Bertz CT molecular complexity index is 521. The van der Waals surface area contributed by atoms with Crippen LogP contribution in [0.5, 0.6) is 0 Å². The number of hydrogen-bond acceptors (Lipinski definition) is 2. The van der Waals surface area contributed by atoms with Gasteiger partial charge in [-0.25, -0.2) is 0 Å². The zero-order valence-corrected chi connectivity index (χ0v) is 13.2. The Morgan fingerprint density at radius 1 is 1.35 bits per heavy atom. The lowest BCUT2D eigenvalue weighted by molar-refractivity contribution is 0.809. The minimum Gasteiger partial charge on any atom is -0.275 e. The van der Waals surface area contributed by atoms with Crippen molar-refractivity contribution >= 4 is 35.2 Å². The van der Waals surface area contributed by atoms with E-state index < -0.39 is 8.24 Å². The van der Waals surface area contributed by atoms with Gasteiger partial charge in [-0.3, -0.25) is 4.35 Å². The average Bonchev–Trinajstić information content (AvgIpc) is 2.72. The molecule has 0 unspecified atom stereocenters. The first-order valence-electron chi connectivity index (χ1n) is 6.06. The quantitative estimate of drug-likeness (QED) is 0.798. The van der Waals surface area contributed by atoms with E-state index in [1.807, 2.05) is 6.07 Å². The van der Waals surface area contributed by atoms with Crippen LogP contribution in [0.1, 0.15) is 19.8 Å². The first-order chi connectivity index (χ1) is 8.06. The molecule has 2 aromatic rings. The van der Waals surface area contributed by atoms with Gasteiger partial charge < -0.3 is 0 Å². The number of fused-ring (bicyclic) bond motifs is 1. The van der Waals surface area contributed by atoms with Crippen LogP contribution < -0.4 is 0 Å². The van der Waals surface area contributed by atoms with Gasteiger partial charge in [0.05, 0.1) is 5.52 Å². The minimum atomic E-state index is -1.51. The maximum atomic E-state index is 4.38. The van der Waals surface area contributed by atoms with Crippen LogP contribution in [0.2, 0.25) is 19.1 Å². The second-order valence-electron chi connectivity index (χ2n) is 5.02. The first-order valence-corrected chi connectivity index (χ1v) is 10.0. The molecule has 0 saturated heterocycles. The van der Waals surface area contributed by atoms with Gasteiger partial charge >= 0.3 is 0 Å². The molecule has 0 aliphatic rings. The highest BCUT2D eigenvalue weighted by atomic mass is 79.9. The largest absolute Gasteiger partial charge is 0.275 e. The Hall–Kier alpha value is -0.683. The Kier molecular flexibility index (Phi) is 3.68. The summed E-state index contributed by atoms with van der Waals surface area (Å²) in [6.45, 7) is 6.95. The molecule has 92 valence electrons. The summed E-state index contributed by atoms with van der Waals surface area (Å²) in [4.78, 5) is 0. The molecule has 0 amide bonds. The van der Waals surface area contributed by atoms with Crippen LogP contribution in [0.4, 0.5) is 0 Å². The van der Waals surface area contributed by atoms with E-state index in [0.29, 0.717) is 0 Å². The summed E-state index contributed by atoms with van der Waals surface area (Å²) in [7, 11) is -1.51. The van der Waals surface area contributed by atoms with Gasteiger partial charge in [0.15, 0.2) is 8.24 Å². The van der Waals surface area contributed by atoms with Crippen molar-refractivity contribution < 1.29 is 0 Å². The normalized spacial score (nSPS) is 12.2. The molecule has 0 bridgehead atoms. The standard InChI is InChI=1S/C12H18BrN3Si/c1-4-5-9-17(2,3)16-11-8-6-7-10(13)12(11)14-15-16/h6-8H,4-5,9H2,1-3H3. The van der Waals surface area contributed by atoms with Crippen molar-refractivity contribution in [1.29, 1.82) is 0 Å². The second-order valence-corrected chi connectivity index (χ2v) is 10.4. The van der Waals surface area contributed by atoms with E-state index in [9.17, 15) is 0 Å². The number of aromatic nitrogens is 3. The van der Waals surface area contributed by atoms with Crippen LogP contribution in [0.15, 0.2) is 22.7 Å². The molecule has 0 radical (unpaired) electrons. The minimum absolute atomic E-state index is 0.976. The fourth-order valence-electron chi connectivity index (χ4n) is 2.07. The highest BCUT2D eigenvalue weighted by Crippen LogP contribution is 2.25. The van der Waals surface area contributed by atoms with Gasteiger partial charge in [0, 0.05) is 4.47 Å². The lowest BCUT2D eigenvalue weighted by Crippen LogP contribution is -2.37. The summed E-state index contributed by atoms with van der Waals surface area (Å²) >= 11 is 3.53. The summed E-state index contributed by atoms with van der Waals surface area (Å²) in [5.74, 6) is 0. The van der Waals surface area contributed by atoms with Crippen molar-refractivity contribution in [2.75, 3.05) is 0 Å². The van der Waals surface area contributed by atoms with Crippen molar-refractivity contribution in [2.24, 2.45) is 0 Å². The number of rotatable bonds is 4. The third-order valence-corrected chi connectivity index (χ3v) is 6.84.